The number of halogens is 3. The van der Waals surface area contributed by atoms with Crippen molar-refractivity contribution in [3.8, 4) is 6.07 Å². The lowest BCUT2D eigenvalue weighted by Gasteiger charge is -2.16. The number of amides is 1. The SMILES string of the molecule is N#C[C@@H]1CCN(C(=O)C(F)(F)F)C1. The molecule has 1 aliphatic heterocycles. The van der Waals surface area contributed by atoms with Crippen molar-refractivity contribution >= 4 is 5.91 Å². The maximum Gasteiger partial charge on any atom is 0.471 e. The van der Waals surface area contributed by atoms with Crippen LogP contribution in [0.1, 0.15) is 6.42 Å². The molecule has 1 fully saturated rings. The highest BCUT2D eigenvalue weighted by atomic mass is 19.4. The number of carbonyl (C=O) groups excluding carboxylic acids is 1. The molecule has 1 aliphatic rings. The summed E-state index contributed by atoms with van der Waals surface area (Å²) in [6.07, 6.45) is -4.48. The molecule has 0 aromatic rings. The Labute approximate surface area is 72.7 Å². The fourth-order valence-electron chi connectivity index (χ4n) is 1.23. The van der Waals surface area contributed by atoms with Crippen LogP contribution >= 0.6 is 0 Å². The number of alkyl halides is 3. The number of hydrogen-bond acceptors (Lipinski definition) is 2. The minimum absolute atomic E-state index is 0.0244. The predicted octanol–water partition coefficient (Wildman–Crippen LogP) is 0.921. The molecule has 0 unspecified atom stereocenters. The van der Waals surface area contributed by atoms with E-state index in [1.165, 1.54) is 0 Å². The summed E-state index contributed by atoms with van der Waals surface area (Å²) < 4.78 is 35.6. The van der Waals surface area contributed by atoms with Crippen LogP contribution in [0.5, 0.6) is 0 Å². The Balaban J connectivity index is 2.58. The summed E-state index contributed by atoms with van der Waals surface area (Å²) in [6, 6.07) is 1.84. The molecule has 0 saturated carbocycles. The fraction of sp³-hybridized carbons (Fsp3) is 0.714. The van der Waals surface area contributed by atoms with E-state index in [-0.39, 0.29) is 13.1 Å². The molecule has 72 valence electrons. The van der Waals surface area contributed by atoms with Crippen molar-refractivity contribution in [2.75, 3.05) is 13.1 Å². The average molecular weight is 192 g/mol. The summed E-state index contributed by atoms with van der Waals surface area (Å²) in [7, 11) is 0. The summed E-state index contributed by atoms with van der Waals surface area (Å²) in [5.41, 5.74) is 0. The van der Waals surface area contributed by atoms with E-state index in [4.69, 9.17) is 5.26 Å². The summed E-state index contributed by atoms with van der Waals surface area (Å²) >= 11 is 0. The van der Waals surface area contributed by atoms with E-state index in [9.17, 15) is 18.0 Å². The van der Waals surface area contributed by atoms with Crippen molar-refractivity contribution in [2.45, 2.75) is 12.6 Å². The first-order valence-corrected chi connectivity index (χ1v) is 3.71. The van der Waals surface area contributed by atoms with Crippen molar-refractivity contribution in [3.63, 3.8) is 0 Å². The van der Waals surface area contributed by atoms with Crippen LogP contribution in [0.3, 0.4) is 0 Å². The van der Waals surface area contributed by atoms with E-state index < -0.39 is 18.0 Å². The Hall–Kier alpha value is -1.25. The van der Waals surface area contributed by atoms with E-state index in [0.29, 0.717) is 11.3 Å². The van der Waals surface area contributed by atoms with Gasteiger partial charge in [-0.3, -0.25) is 4.79 Å². The van der Waals surface area contributed by atoms with Crippen LogP contribution < -0.4 is 0 Å². The highest BCUT2D eigenvalue weighted by molar-refractivity contribution is 5.82. The third kappa shape index (κ3) is 2.11. The van der Waals surface area contributed by atoms with Gasteiger partial charge in [0.2, 0.25) is 0 Å². The number of nitrogens with zero attached hydrogens (tertiary/aromatic N) is 2. The number of likely N-dealkylation sites (tertiary alicyclic amines) is 1. The molecule has 1 saturated heterocycles. The largest absolute Gasteiger partial charge is 0.471 e. The zero-order valence-electron chi connectivity index (χ0n) is 6.64. The molecule has 0 aromatic carbocycles. The van der Waals surface area contributed by atoms with Crippen molar-refractivity contribution in [3.05, 3.63) is 0 Å². The lowest BCUT2D eigenvalue weighted by molar-refractivity contribution is -0.184. The molecule has 0 N–H and O–H groups in total. The minimum atomic E-state index is -4.82. The Morgan fingerprint density at radius 3 is 2.54 bits per heavy atom. The predicted molar refractivity (Wildman–Crippen MR) is 36.4 cm³/mol. The van der Waals surface area contributed by atoms with E-state index in [0.717, 1.165) is 0 Å². The molecule has 0 bridgehead atoms. The molecule has 0 aliphatic carbocycles. The van der Waals surface area contributed by atoms with Gasteiger partial charge in [-0.2, -0.15) is 18.4 Å². The first-order chi connectivity index (χ1) is 5.95. The molecule has 3 nitrogen and oxygen atoms in total. The number of hydrogen-bond donors (Lipinski definition) is 0. The Bertz CT molecular complexity index is 255. The maximum absolute atomic E-state index is 11.9. The molecule has 1 amide bonds. The van der Waals surface area contributed by atoms with Crippen LogP contribution in [0.25, 0.3) is 0 Å². The zero-order chi connectivity index (χ0) is 10.1. The lowest BCUT2D eigenvalue weighted by atomic mass is 10.1. The van der Waals surface area contributed by atoms with Crippen LogP contribution in [0.4, 0.5) is 13.2 Å². The van der Waals surface area contributed by atoms with Gasteiger partial charge in [0.1, 0.15) is 0 Å². The van der Waals surface area contributed by atoms with Crippen LogP contribution in [0.15, 0.2) is 0 Å². The van der Waals surface area contributed by atoms with Gasteiger partial charge in [-0.05, 0) is 6.42 Å². The number of nitriles is 1. The van der Waals surface area contributed by atoms with E-state index in [1.54, 1.807) is 0 Å². The monoisotopic (exact) mass is 192 g/mol. The minimum Gasteiger partial charge on any atom is -0.334 e. The Kier molecular flexibility index (Phi) is 2.45. The molecule has 0 radical (unpaired) electrons. The molecule has 1 heterocycles. The highest BCUT2D eigenvalue weighted by Gasteiger charge is 2.44. The second-order valence-corrected chi connectivity index (χ2v) is 2.86. The van der Waals surface area contributed by atoms with Gasteiger partial charge in [-0.1, -0.05) is 0 Å². The van der Waals surface area contributed by atoms with Crippen molar-refractivity contribution < 1.29 is 18.0 Å². The summed E-state index contributed by atoms with van der Waals surface area (Å²) in [5.74, 6) is -2.29. The molecule has 1 rings (SSSR count). The third-order valence-corrected chi connectivity index (χ3v) is 1.90. The first-order valence-electron chi connectivity index (χ1n) is 3.71. The average Bonchev–Trinajstić information content (AvgIpc) is 2.48. The zero-order valence-corrected chi connectivity index (χ0v) is 6.64. The maximum atomic E-state index is 11.9. The van der Waals surface area contributed by atoms with Gasteiger partial charge in [0, 0.05) is 13.1 Å². The smallest absolute Gasteiger partial charge is 0.334 e. The van der Waals surface area contributed by atoms with E-state index >= 15 is 0 Å². The van der Waals surface area contributed by atoms with Crippen LogP contribution in [0, 0.1) is 17.2 Å². The highest BCUT2D eigenvalue weighted by Crippen LogP contribution is 2.23. The summed E-state index contributed by atoms with van der Waals surface area (Å²) in [4.78, 5) is 11.3. The van der Waals surface area contributed by atoms with Gasteiger partial charge in [0.25, 0.3) is 0 Å². The van der Waals surface area contributed by atoms with Crippen molar-refractivity contribution in [2.24, 2.45) is 5.92 Å². The quantitative estimate of drug-likeness (QED) is 0.572. The normalized spacial score (nSPS) is 22.9. The van der Waals surface area contributed by atoms with E-state index in [1.807, 2.05) is 6.07 Å². The van der Waals surface area contributed by atoms with Gasteiger partial charge in [0.05, 0.1) is 12.0 Å². The Morgan fingerprint density at radius 1 is 1.54 bits per heavy atom. The second kappa shape index (κ2) is 3.24. The van der Waals surface area contributed by atoms with E-state index in [2.05, 4.69) is 0 Å². The topological polar surface area (TPSA) is 44.1 Å². The number of carbonyl (C=O) groups is 1. The van der Waals surface area contributed by atoms with Gasteiger partial charge < -0.3 is 4.90 Å². The van der Waals surface area contributed by atoms with Crippen molar-refractivity contribution in [1.82, 2.24) is 4.90 Å². The molecular formula is C7H7F3N2O. The van der Waals surface area contributed by atoms with Crippen molar-refractivity contribution in [1.29, 1.82) is 5.26 Å². The second-order valence-electron chi connectivity index (χ2n) is 2.86. The van der Waals surface area contributed by atoms with Gasteiger partial charge >= 0.3 is 12.1 Å². The first kappa shape index (κ1) is 9.84. The van der Waals surface area contributed by atoms with Gasteiger partial charge in [-0.25, -0.2) is 0 Å². The van der Waals surface area contributed by atoms with Crippen LogP contribution in [0.2, 0.25) is 0 Å². The Morgan fingerprint density at radius 2 is 2.15 bits per heavy atom. The van der Waals surface area contributed by atoms with Crippen LogP contribution in [-0.4, -0.2) is 30.1 Å². The molecule has 0 aromatic heterocycles. The van der Waals surface area contributed by atoms with Gasteiger partial charge in [0.15, 0.2) is 0 Å². The third-order valence-electron chi connectivity index (χ3n) is 1.90. The number of rotatable bonds is 0. The molecule has 13 heavy (non-hydrogen) atoms. The lowest BCUT2D eigenvalue weighted by Crippen LogP contribution is -2.39. The summed E-state index contributed by atoms with van der Waals surface area (Å²) in [6.45, 7) is -0.0780. The van der Waals surface area contributed by atoms with Gasteiger partial charge in [-0.15, -0.1) is 0 Å². The molecule has 6 heteroatoms. The molecular weight excluding hydrogens is 185 g/mol. The van der Waals surface area contributed by atoms with Crippen LogP contribution in [-0.2, 0) is 4.79 Å². The summed E-state index contributed by atoms with van der Waals surface area (Å²) in [5, 5.41) is 8.40. The fourth-order valence-corrected chi connectivity index (χ4v) is 1.23. The molecule has 0 spiro atoms. The molecule has 1 atom stereocenters. The standard InChI is InChI=1S/C7H7F3N2O/c8-7(9,10)6(13)12-2-1-5(3-11)4-12/h5H,1-2,4H2/t5-/m0/s1.